The number of nitrogens with zero attached hydrogens (tertiary/aromatic N) is 5. The molecule has 0 radical (unpaired) electrons. The van der Waals surface area contributed by atoms with Crippen LogP contribution >= 0.6 is 11.6 Å². The third kappa shape index (κ3) is 3.01. The van der Waals surface area contributed by atoms with Gasteiger partial charge in [-0.3, -0.25) is 4.68 Å². The summed E-state index contributed by atoms with van der Waals surface area (Å²) in [5, 5.41) is 15.0. The lowest BCUT2D eigenvalue weighted by molar-refractivity contribution is 0.158. The molecule has 3 heterocycles. The molecule has 2 aromatic rings. The number of halogens is 1. The SMILES string of the molecule is Cn1cc(C(O)CC2CCCN2c2ncncc2Cl)cn1. The van der Waals surface area contributed by atoms with Gasteiger partial charge < -0.3 is 10.0 Å². The van der Waals surface area contributed by atoms with Crippen LogP contribution in [0.2, 0.25) is 5.02 Å². The molecule has 21 heavy (non-hydrogen) atoms. The second-order valence-corrected chi connectivity index (χ2v) is 5.79. The van der Waals surface area contributed by atoms with Gasteiger partial charge in [0.1, 0.15) is 11.3 Å². The highest BCUT2D eigenvalue weighted by atomic mass is 35.5. The molecule has 6 nitrogen and oxygen atoms in total. The first kappa shape index (κ1) is 14.3. The molecule has 0 amide bonds. The number of anilines is 1. The predicted molar refractivity (Wildman–Crippen MR) is 80.2 cm³/mol. The van der Waals surface area contributed by atoms with Crippen LogP contribution in [-0.2, 0) is 7.05 Å². The molecule has 112 valence electrons. The Morgan fingerprint density at radius 1 is 1.48 bits per heavy atom. The van der Waals surface area contributed by atoms with Crippen LogP contribution in [0, 0.1) is 0 Å². The van der Waals surface area contributed by atoms with Crippen molar-refractivity contribution in [2.45, 2.75) is 31.4 Å². The molecule has 0 saturated carbocycles. The second kappa shape index (κ2) is 5.99. The quantitative estimate of drug-likeness (QED) is 0.935. The van der Waals surface area contributed by atoms with Crippen LogP contribution in [0.25, 0.3) is 0 Å². The lowest BCUT2D eigenvalue weighted by Gasteiger charge is -2.27. The zero-order valence-electron chi connectivity index (χ0n) is 11.9. The van der Waals surface area contributed by atoms with Crippen molar-refractivity contribution in [2.24, 2.45) is 7.05 Å². The van der Waals surface area contributed by atoms with Crippen molar-refractivity contribution in [2.75, 3.05) is 11.4 Å². The van der Waals surface area contributed by atoms with Crippen LogP contribution in [0.15, 0.2) is 24.9 Å². The summed E-state index contributed by atoms with van der Waals surface area (Å²) < 4.78 is 1.70. The average Bonchev–Trinajstić information content (AvgIpc) is 3.08. The highest BCUT2D eigenvalue weighted by molar-refractivity contribution is 6.32. The first-order chi connectivity index (χ1) is 10.1. The van der Waals surface area contributed by atoms with Gasteiger partial charge in [0.2, 0.25) is 0 Å². The second-order valence-electron chi connectivity index (χ2n) is 5.38. The fraction of sp³-hybridized carbons (Fsp3) is 0.500. The topological polar surface area (TPSA) is 67.1 Å². The van der Waals surface area contributed by atoms with Crippen molar-refractivity contribution in [3.8, 4) is 0 Å². The van der Waals surface area contributed by atoms with Crippen LogP contribution in [0.3, 0.4) is 0 Å². The molecule has 3 rings (SSSR count). The zero-order valence-corrected chi connectivity index (χ0v) is 12.6. The maximum Gasteiger partial charge on any atom is 0.151 e. The van der Waals surface area contributed by atoms with Gasteiger partial charge in [-0.1, -0.05) is 11.6 Å². The lowest BCUT2D eigenvalue weighted by atomic mass is 10.0. The molecule has 1 aliphatic heterocycles. The summed E-state index contributed by atoms with van der Waals surface area (Å²) in [7, 11) is 1.85. The largest absolute Gasteiger partial charge is 0.388 e. The van der Waals surface area contributed by atoms with Crippen LogP contribution in [0.5, 0.6) is 0 Å². The van der Waals surface area contributed by atoms with Crippen LogP contribution in [0.4, 0.5) is 5.82 Å². The summed E-state index contributed by atoms with van der Waals surface area (Å²) in [6.45, 7) is 0.904. The summed E-state index contributed by atoms with van der Waals surface area (Å²) in [6, 6.07) is 0.229. The first-order valence-corrected chi connectivity index (χ1v) is 7.41. The fourth-order valence-corrected chi connectivity index (χ4v) is 3.10. The number of aryl methyl sites for hydroxylation is 1. The molecular weight excluding hydrogens is 290 g/mol. The van der Waals surface area contributed by atoms with Crippen molar-refractivity contribution < 1.29 is 5.11 Å². The van der Waals surface area contributed by atoms with Gasteiger partial charge in [0.25, 0.3) is 0 Å². The molecule has 0 aromatic carbocycles. The van der Waals surface area contributed by atoms with E-state index >= 15 is 0 Å². The molecule has 2 unspecified atom stereocenters. The van der Waals surface area contributed by atoms with Crippen molar-refractivity contribution in [3.05, 3.63) is 35.5 Å². The highest BCUT2D eigenvalue weighted by Gasteiger charge is 2.29. The molecule has 1 saturated heterocycles. The Hall–Kier alpha value is -1.66. The van der Waals surface area contributed by atoms with Gasteiger partial charge >= 0.3 is 0 Å². The molecule has 2 aromatic heterocycles. The van der Waals surface area contributed by atoms with Crippen molar-refractivity contribution >= 4 is 17.4 Å². The van der Waals surface area contributed by atoms with E-state index in [4.69, 9.17) is 11.6 Å². The van der Waals surface area contributed by atoms with E-state index in [1.165, 1.54) is 6.33 Å². The van der Waals surface area contributed by atoms with E-state index < -0.39 is 6.10 Å². The molecule has 1 N–H and O–H groups in total. The summed E-state index contributed by atoms with van der Waals surface area (Å²) in [5.41, 5.74) is 0.845. The third-order valence-corrected chi connectivity index (χ3v) is 4.17. The number of rotatable bonds is 4. The van der Waals surface area contributed by atoms with E-state index in [9.17, 15) is 5.11 Å². The number of aliphatic hydroxyl groups excluding tert-OH is 1. The minimum atomic E-state index is -0.523. The van der Waals surface area contributed by atoms with E-state index in [-0.39, 0.29) is 6.04 Å². The minimum Gasteiger partial charge on any atom is -0.388 e. The number of hydrogen-bond donors (Lipinski definition) is 1. The number of aliphatic hydroxyl groups is 1. The van der Waals surface area contributed by atoms with Crippen LogP contribution < -0.4 is 4.90 Å². The smallest absolute Gasteiger partial charge is 0.151 e. The maximum atomic E-state index is 10.4. The Balaban J connectivity index is 1.74. The standard InChI is InChI=1S/C14H18ClN5O/c1-19-8-10(6-18-19)13(21)5-11-3-2-4-20(11)14-12(15)7-16-9-17-14/h6-9,11,13,21H,2-5H2,1H3. The molecule has 0 spiro atoms. The lowest BCUT2D eigenvalue weighted by Crippen LogP contribution is -2.31. The highest BCUT2D eigenvalue weighted by Crippen LogP contribution is 2.33. The molecular formula is C14H18ClN5O. The summed E-state index contributed by atoms with van der Waals surface area (Å²) in [5.74, 6) is 0.757. The van der Waals surface area contributed by atoms with E-state index in [1.807, 2.05) is 13.2 Å². The third-order valence-electron chi connectivity index (χ3n) is 3.90. The van der Waals surface area contributed by atoms with Gasteiger partial charge in [0.05, 0.1) is 18.5 Å². The van der Waals surface area contributed by atoms with Crippen molar-refractivity contribution in [1.29, 1.82) is 0 Å². The average molecular weight is 308 g/mol. The molecule has 1 aliphatic rings. The van der Waals surface area contributed by atoms with Crippen LogP contribution in [0.1, 0.15) is 30.9 Å². The summed E-state index contributed by atoms with van der Waals surface area (Å²) in [4.78, 5) is 10.4. The van der Waals surface area contributed by atoms with Gasteiger partial charge in [-0.05, 0) is 19.3 Å². The molecule has 0 aliphatic carbocycles. The van der Waals surface area contributed by atoms with Gasteiger partial charge in [0, 0.05) is 31.4 Å². The van der Waals surface area contributed by atoms with Gasteiger partial charge in [-0.2, -0.15) is 5.10 Å². The Morgan fingerprint density at radius 2 is 2.33 bits per heavy atom. The Morgan fingerprint density at radius 3 is 3.05 bits per heavy atom. The summed E-state index contributed by atoms with van der Waals surface area (Å²) >= 11 is 6.18. The number of hydrogen-bond acceptors (Lipinski definition) is 5. The Kier molecular flexibility index (Phi) is 4.07. The van der Waals surface area contributed by atoms with Crippen molar-refractivity contribution in [3.63, 3.8) is 0 Å². The number of aromatic nitrogens is 4. The van der Waals surface area contributed by atoms with Crippen LogP contribution in [-0.4, -0.2) is 37.4 Å². The summed E-state index contributed by atoms with van der Waals surface area (Å²) in [6.07, 6.45) is 8.90. The first-order valence-electron chi connectivity index (χ1n) is 7.04. The van der Waals surface area contributed by atoms with Crippen molar-refractivity contribution in [1.82, 2.24) is 19.7 Å². The van der Waals surface area contributed by atoms with Gasteiger partial charge in [-0.25, -0.2) is 9.97 Å². The predicted octanol–water partition coefficient (Wildman–Crippen LogP) is 1.96. The minimum absolute atomic E-state index is 0.229. The molecule has 1 fully saturated rings. The molecule has 0 bridgehead atoms. The van der Waals surface area contributed by atoms with Gasteiger partial charge in [-0.15, -0.1) is 0 Å². The Bertz CT molecular complexity index is 617. The maximum absolute atomic E-state index is 10.4. The zero-order chi connectivity index (χ0) is 14.8. The molecule has 2 atom stereocenters. The van der Waals surface area contributed by atoms with E-state index in [1.54, 1.807) is 17.1 Å². The fourth-order valence-electron chi connectivity index (χ4n) is 2.88. The normalized spacial score (nSPS) is 20.0. The van der Waals surface area contributed by atoms with E-state index in [0.29, 0.717) is 11.4 Å². The molecule has 7 heteroatoms. The Labute approximate surface area is 128 Å². The van der Waals surface area contributed by atoms with Gasteiger partial charge in [0.15, 0.2) is 5.82 Å². The van der Waals surface area contributed by atoms with E-state index in [0.717, 1.165) is 30.8 Å². The van der Waals surface area contributed by atoms with E-state index in [2.05, 4.69) is 20.0 Å². The monoisotopic (exact) mass is 307 g/mol.